The van der Waals surface area contributed by atoms with Crippen LogP contribution in [0.25, 0.3) is 0 Å². The number of carbonyl (C=O) groups is 1. The van der Waals surface area contributed by atoms with E-state index in [1.54, 1.807) is 12.1 Å². The van der Waals surface area contributed by atoms with E-state index < -0.39 is 10.0 Å². The van der Waals surface area contributed by atoms with Gasteiger partial charge in [0.1, 0.15) is 5.82 Å². The highest BCUT2D eigenvalue weighted by atomic mass is 32.2. The van der Waals surface area contributed by atoms with Gasteiger partial charge in [0.25, 0.3) is 10.0 Å². The zero-order chi connectivity index (χ0) is 19.4. The van der Waals surface area contributed by atoms with Gasteiger partial charge >= 0.3 is 0 Å². The molecule has 0 spiro atoms. The summed E-state index contributed by atoms with van der Waals surface area (Å²) in [5.74, 6) is -0.585. The normalized spacial score (nSPS) is 11.2. The summed E-state index contributed by atoms with van der Waals surface area (Å²) in [4.78, 5) is 11.1. The number of aromatic nitrogens is 2. The fraction of sp³-hybridized carbons (Fsp3) is 0.111. The van der Waals surface area contributed by atoms with Gasteiger partial charge in [-0.25, -0.2) is 12.8 Å². The van der Waals surface area contributed by atoms with E-state index in [0.717, 1.165) is 0 Å². The highest BCUT2D eigenvalue weighted by molar-refractivity contribution is 7.92. The lowest BCUT2D eigenvalue weighted by Crippen LogP contribution is -2.13. The van der Waals surface area contributed by atoms with Crippen molar-refractivity contribution in [3.05, 3.63) is 72.3 Å². The predicted molar refractivity (Wildman–Crippen MR) is 99.3 cm³/mol. The van der Waals surface area contributed by atoms with Gasteiger partial charge in [-0.05, 0) is 42.0 Å². The minimum Gasteiger partial charge on any atom is -0.326 e. The van der Waals surface area contributed by atoms with Gasteiger partial charge in [0, 0.05) is 18.8 Å². The van der Waals surface area contributed by atoms with Crippen molar-refractivity contribution in [2.24, 2.45) is 0 Å². The highest BCUT2D eigenvalue weighted by Gasteiger charge is 2.15. The van der Waals surface area contributed by atoms with Crippen LogP contribution in [0.4, 0.5) is 15.8 Å². The topological polar surface area (TPSA) is 93.1 Å². The third-order valence-corrected chi connectivity index (χ3v) is 5.00. The van der Waals surface area contributed by atoms with Crippen LogP contribution in [0.15, 0.2) is 65.8 Å². The van der Waals surface area contributed by atoms with Crippen molar-refractivity contribution in [3.63, 3.8) is 0 Å². The smallest absolute Gasteiger partial charge is 0.261 e. The first kappa shape index (κ1) is 18.6. The van der Waals surface area contributed by atoms with Crippen LogP contribution in [-0.4, -0.2) is 24.1 Å². The minimum absolute atomic E-state index is 0.0504. The van der Waals surface area contributed by atoms with Crippen LogP contribution in [0.5, 0.6) is 0 Å². The average molecular weight is 388 g/mol. The van der Waals surface area contributed by atoms with E-state index in [9.17, 15) is 17.6 Å². The second-order valence-electron chi connectivity index (χ2n) is 5.87. The third kappa shape index (κ3) is 4.91. The Kier molecular flexibility index (Phi) is 5.22. The van der Waals surface area contributed by atoms with E-state index in [4.69, 9.17) is 0 Å². The summed E-state index contributed by atoms with van der Waals surface area (Å²) in [5, 5.41) is 6.65. The first-order chi connectivity index (χ1) is 12.8. The molecule has 1 amide bonds. The summed E-state index contributed by atoms with van der Waals surface area (Å²) in [7, 11) is -3.80. The summed E-state index contributed by atoms with van der Waals surface area (Å²) in [6.45, 7) is 1.68. The fourth-order valence-corrected chi connectivity index (χ4v) is 3.49. The molecule has 0 aliphatic heterocycles. The SMILES string of the molecule is CC(=O)Nc1ccc(S(=O)(=O)Nc2cnn(Cc3cccc(F)c3)c2)cc1. The molecule has 1 aromatic heterocycles. The van der Waals surface area contributed by atoms with Crippen molar-refractivity contribution < 1.29 is 17.6 Å². The molecule has 2 aromatic carbocycles. The first-order valence-electron chi connectivity index (χ1n) is 7.99. The lowest BCUT2D eigenvalue weighted by molar-refractivity contribution is -0.114. The Morgan fingerprint density at radius 2 is 1.89 bits per heavy atom. The average Bonchev–Trinajstić information content (AvgIpc) is 3.01. The molecule has 0 radical (unpaired) electrons. The van der Waals surface area contributed by atoms with Gasteiger partial charge in [-0.3, -0.25) is 14.2 Å². The largest absolute Gasteiger partial charge is 0.326 e. The van der Waals surface area contributed by atoms with Gasteiger partial charge in [0.15, 0.2) is 0 Å². The van der Waals surface area contributed by atoms with Gasteiger partial charge in [-0.2, -0.15) is 5.10 Å². The number of nitrogens with zero attached hydrogens (tertiary/aromatic N) is 2. The minimum atomic E-state index is -3.80. The number of sulfonamides is 1. The molecule has 0 aliphatic rings. The molecule has 0 bridgehead atoms. The maximum absolute atomic E-state index is 13.2. The molecule has 0 unspecified atom stereocenters. The molecule has 140 valence electrons. The molecule has 7 nitrogen and oxygen atoms in total. The maximum atomic E-state index is 13.2. The Morgan fingerprint density at radius 3 is 2.56 bits per heavy atom. The van der Waals surface area contributed by atoms with Gasteiger partial charge in [0.2, 0.25) is 5.91 Å². The fourth-order valence-electron chi connectivity index (χ4n) is 2.46. The van der Waals surface area contributed by atoms with Crippen molar-refractivity contribution in [2.45, 2.75) is 18.4 Å². The molecule has 1 heterocycles. The maximum Gasteiger partial charge on any atom is 0.261 e. The highest BCUT2D eigenvalue weighted by Crippen LogP contribution is 2.18. The Morgan fingerprint density at radius 1 is 1.15 bits per heavy atom. The van der Waals surface area contributed by atoms with Crippen molar-refractivity contribution in [3.8, 4) is 0 Å². The van der Waals surface area contributed by atoms with Crippen LogP contribution in [-0.2, 0) is 21.4 Å². The molecule has 2 N–H and O–H groups in total. The van der Waals surface area contributed by atoms with Crippen LogP contribution in [0.1, 0.15) is 12.5 Å². The molecule has 0 saturated carbocycles. The Labute approximate surface area is 155 Å². The van der Waals surface area contributed by atoms with Gasteiger partial charge < -0.3 is 5.32 Å². The first-order valence-corrected chi connectivity index (χ1v) is 9.47. The van der Waals surface area contributed by atoms with Crippen molar-refractivity contribution in [1.82, 2.24) is 9.78 Å². The number of amides is 1. The number of hydrogen-bond donors (Lipinski definition) is 2. The summed E-state index contributed by atoms with van der Waals surface area (Å²) in [5.41, 5.74) is 1.50. The molecule has 0 aliphatic carbocycles. The van der Waals surface area contributed by atoms with Gasteiger partial charge in [-0.1, -0.05) is 12.1 Å². The van der Waals surface area contributed by atoms with E-state index in [-0.39, 0.29) is 22.3 Å². The zero-order valence-electron chi connectivity index (χ0n) is 14.4. The van der Waals surface area contributed by atoms with E-state index in [2.05, 4.69) is 15.1 Å². The van der Waals surface area contributed by atoms with E-state index in [1.165, 1.54) is 60.4 Å². The Balaban J connectivity index is 1.71. The lowest BCUT2D eigenvalue weighted by atomic mass is 10.2. The molecular weight excluding hydrogens is 371 g/mol. The Hall–Kier alpha value is -3.20. The molecular formula is C18H17FN4O3S. The molecule has 3 rings (SSSR count). The summed E-state index contributed by atoms with van der Waals surface area (Å²) in [6, 6.07) is 11.9. The quantitative estimate of drug-likeness (QED) is 0.679. The lowest BCUT2D eigenvalue weighted by Gasteiger charge is -2.07. The van der Waals surface area contributed by atoms with Crippen molar-refractivity contribution >= 4 is 27.3 Å². The van der Waals surface area contributed by atoms with Crippen LogP contribution < -0.4 is 10.0 Å². The zero-order valence-corrected chi connectivity index (χ0v) is 15.2. The van der Waals surface area contributed by atoms with Gasteiger partial charge in [-0.15, -0.1) is 0 Å². The molecule has 0 atom stereocenters. The number of halogens is 1. The molecule has 27 heavy (non-hydrogen) atoms. The monoisotopic (exact) mass is 388 g/mol. The number of nitrogens with one attached hydrogen (secondary N) is 2. The molecule has 0 saturated heterocycles. The number of benzene rings is 2. The standard InChI is InChI=1S/C18H17FN4O3S/c1-13(24)21-16-5-7-18(8-6-16)27(25,26)22-17-10-20-23(12-17)11-14-3-2-4-15(19)9-14/h2-10,12,22H,11H2,1H3,(H,21,24). The van der Waals surface area contributed by atoms with E-state index in [1.807, 2.05) is 0 Å². The Bertz CT molecular complexity index is 1060. The number of carbonyl (C=O) groups excluding carboxylic acids is 1. The van der Waals surface area contributed by atoms with E-state index >= 15 is 0 Å². The van der Waals surface area contributed by atoms with Crippen LogP contribution in [0.2, 0.25) is 0 Å². The van der Waals surface area contributed by atoms with Crippen LogP contribution >= 0.6 is 0 Å². The predicted octanol–water partition coefficient (Wildman–Crippen LogP) is 2.83. The summed E-state index contributed by atoms with van der Waals surface area (Å²) in [6.07, 6.45) is 2.90. The van der Waals surface area contributed by atoms with Gasteiger partial charge in [0.05, 0.1) is 23.3 Å². The second-order valence-corrected chi connectivity index (χ2v) is 7.55. The number of rotatable bonds is 6. The van der Waals surface area contributed by atoms with E-state index in [0.29, 0.717) is 17.8 Å². The molecule has 3 aromatic rings. The summed E-state index contributed by atoms with van der Waals surface area (Å²) >= 11 is 0. The van der Waals surface area contributed by atoms with Crippen molar-refractivity contribution in [1.29, 1.82) is 0 Å². The van der Waals surface area contributed by atoms with Crippen LogP contribution in [0, 0.1) is 5.82 Å². The third-order valence-electron chi connectivity index (χ3n) is 3.60. The van der Waals surface area contributed by atoms with Crippen molar-refractivity contribution in [2.75, 3.05) is 10.0 Å². The summed E-state index contributed by atoms with van der Waals surface area (Å²) < 4.78 is 42.1. The second kappa shape index (κ2) is 7.58. The van der Waals surface area contributed by atoms with Crippen LogP contribution in [0.3, 0.4) is 0 Å². The molecule has 0 fully saturated rings. The molecule has 9 heteroatoms. The number of hydrogen-bond acceptors (Lipinski definition) is 4. The number of anilines is 2.